The van der Waals surface area contributed by atoms with Crippen molar-refractivity contribution in [3.63, 3.8) is 0 Å². The highest BCUT2D eigenvalue weighted by Crippen LogP contribution is 2.49. The molecule has 2 aromatic rings. The van der Waals surface area contributed by atoms with Gasteiger partial charge in [0.1, 0.15) is 5.75 Å². The van der Waals surface area contributed by atoms with E-state index in [0.717, 1.165) is 33.7 Å². The van der Waals surface area contributed by atoms with E-state index in [4.69, 9.17) is 14.2 Å². The summed E-state index contributed by atoms with van der Waals surface area (Å²) in [6.07, 6.45) is 0.0598. The van der Waals surface area contributed by atoms with Crippen molar-refractivity contribution in [1.29, 1.82) is 0 Å². The van der Waals surface area contributed by atoms with Gasteiger partial charge in [0, 0.05) is 11.1 Å². The SMILES string of the molecule is Cc1ccc(C)c2c1N(Cc1ccccc1OC(C)C)C(=O)C21OCCO1. The van der Waals surface area contributed by atoms with Crippen LogP contribution in [0.15, 0.2) is 36.4 Å². The van der Waals surface area contributed by atoms with Gasteiger partial charge in [0.2, 0.25) is 0 Å². The van der Waals surface area contributed by atoms with Crippen molar-refractivity contribution < 1.29 is 19.0 Å². The molecule has 4 rings (SSSR count). The van der Waals surface area contributed by atoms with Crippen molar-refractivity contribution in [2.75, 3.05) is 18.1 Å². The molecule has 1 spiro atoms. The van der Waals surface area contributed by atoms with Crippen molar-refractivity contribution in [2.45, 2.75) is 46.1 Å². The Morgan fingerprint density at radius 2 is 1.74 bits per heavy atom. The van der Waals surface area contributed by atoms with Gasteiger partial charge in [0.15, 0.2) is 0 Å². The van der Waals surface area contributed by atoms with E-state index in [0.29, 0.717) is 19.8 Å². The molecule has 0 saturated carbocycles. The van der Waals surface area contributed by atoms with Crippen molar-refractivity contribution in [3.8, 4) is 5.75 Å². The number of carbonyl (C=O) groups excluding carboxylic acids is 1. The second-order valence-corrected chi connectivity index (χ2v) is 7.40. The van der Waals surface area contributed by atoms with Gasteiger partial charge in [-0.1, -0.05) is 30.3 Å². The van der Waals surface area contributed by atoms with E-state index in [1.54, 1.807) is 4.90 Å². The summed E-state index contributed by atoms with van der Waals surface area (Å²) in [5.74, 6) is -0.674. The molecule has 1 saturated heterocycles. The fourth-order valence-electron chi connectivity index (χ4n) is 3.95. The normalized spacial score (nSPS) is 17.8. The predicted molar refractivity (Wildman–Crippen MR) is 103 cm³/mol. The molecule has 2 aliphatic heterocycles. The molecule has 0 atom stereocenters. The molecule has 0 bridgehead atoms. The Morgan fingerprint density at radius 1 is 1.07 bits per heavy atom. The van der Waals surface area contributed by atoms with Crippen LogP contribution in [0, 0.1) is 13.8 Å². The molecule has 5 nitrogen and oxygen atoms in total. The van der Waals surface area contributed by atoms with E-state index in [2.05, 4.69) is 0 Å². The molecular formula is C22H25NO4. The highest BCUT2D eigenvalue weighted by Gasteiger charge is 2.57. The van der Waals surface area contributed by atoms with Gasteiger partial charge in [-0.15, -0.1) is 0 Å². The number of nitrogens with zero attached hydrogens (tertiary/aromatic N) is 1. The Morgan fingerprint density at radius 3 is 2.44 bits per heavy atom. The number of hydrogen-bond acceptors (Lipinski definition) is 4. The first kappa shape index (κ1) is 18.0. The first-order valence-electron chi connectivity index (χ1n) is 9.39. The minimum atomic E-state index is -1.31. The number of hydrogen-bond donors (Lipinski definition) is 0. The summed E-state index contributed by atoms with van der Waals surface area (Å²) >= 11 is 0. The lowest BCUT2D eigenvalue weighted by molar-refractivity contribution is -0.181. The van der Waals surface area contributed by atoms with Gasteiger partial charge in [0.05, 0.1) is 31.5 Å². The third-order valence-corrected chi connectivity index (χ3v) is 5.07. The minimum absolute atomic E-state index is 0.0598. The summed E-state index contributed by atoms with van der Waals surface area (Å²) in [5, 5.41) is 0. The summed E-state index contributed by atoms with van der Waals surface area (Å²) in [5.41, 5.74) is 4.72. The maximum Gasteiger partial charge on any atom is 0.292 e. The first-order valence-corrected chi connectivity index (χ1v) is 9.39. The lowest BCUT2D eigenvalue weighted by Gasteiger charge is -2.23. The molecule has 27 heavy (non-hydrogen) atoms. The number of aryl methyl sites for hydroxylation is 2. The van der Waals surface area contributed by atoms with Gasteiger partial charge in [-0.3, -0.25) is 4.79 Å². The van der Waals surface area contributed by atoms with E-state index in [1.807, 2.05) is 64.1 Å². The van der Waals surface area contributed by atoms with Gasteiger partial charge in [-0.05, 0) is 44.9 Å². The Balaban J connectivity index is 1.80. The lowest BCUT2D eigenvalue weighted by atomic mass is 9.98. The zero-order valence-electron chi connectivity index (χ0n) is 16.2. The van der Waals surface area contributed by atoms with Crippen LogP contribution in [0.1, 0.15) is 36.1 Å². The summed E-state index contributed by atoms with van der Waals surface area (Å²) in [6, 6.07) is 11.9. The Labute approximate surface area is 159 Å². The maximum absolute atomic E-state index is 13.5. The molecule has 0 N–H and O–H groups in total. The number of fused-ring (bicyclic) bond motifs is 2. The van der Waals surface area contributed by atoms with Crippen LogP contribution in [0.25, 0.3) is 0 Å². The fraction of sp³-hybridized carbons (Fsp3) is 0.409. The van der Waals surface area contributed by atoms with Crippen molar-refractivity contribution in [1.82, 2.24) is 0 Å². The molecule has 0 radical (unpaired) electrons. The first-order chi connectivity index (χ1) is 12.9. The minimum Gasteiger partial charge on any atom is -0.491 e. The number of rotatable bonds is 4. The van der Waals surface area contributed by atoms with Crippen LogP contribution in [0.5, 0.6) is 5.75 Å². The number of benzene rings is 2. The standard InChI is InChI=1S/C22H25NO4/c1-14(2)27-18-8-6-5-7-17(18)13-23-20-16(4)10-9-15(3)19(20)22(21(23)24)25-11-12-26-22/h5-10,14H,11-13H2,1-4H3. The predicted octanol–water partition coefficient (Wildman–Crippen LogP) is 3.84. The van der Waals surface area contributed by atoms with Gasteiger partial charge in [-0.25, -0.2) is 0 Å². The molecular weight excluding hydrogens is 342 g/mol. The van der Waals surface area contributed by atoms with Crippen LogP contribution in [0.4, 0.5) is 5.69 Å². The second-order valence-electron chi connectivity index (χ2n) is 7.40. The molecule has 142 valence electrons. The van der Waals surface area contributed by atoms with Crippen molar-refractivity contribution in [2.24, 2.45) is 0 Å². The Hall–Kier alpha value is -2.37. The van der Waals surface area contributed by atoms with Crippen molar-refractivity contribution in [3.05, 3.63) is 58.7 Å². The topological polar surface area (TPSA) is 48.0 Å². The molecule has 0 aliphatic carbocycles. The fourth-order valence-corrected chi connectivity index (χ4v) is 3.95. The third-order valence-electron chi connectivity index (χ3n) is 5.07. The van der Waals surface area contributed by atoms with Crippen molar-refractivity contribution >= 4 is 11.6 Å². The summed E-state index contributed by atoms with van der Waals surface area (Å²) in [7, 11) is 0. The van der Waals surface area contributed by atoms with E-state index in [9.17, 15) is 4.79 Å². The number of amides is 1. The molecule has 5 heteroatoms. The Bertz CT molecular complexity index is 884. The molecule has 2 aromatic carbocycles. The molecule has 0 unspecified atom stereocenters. The maximum atomic E-state index is 13.5. The van der Waals surface area contributed by atoms with Crippen LogP contribution >= 0.6 is 0 Å². The largest absolute Gasteiger partial charge is 0.491 e. The van der Waals surface area contributed by atoms with Crippen LogP contribution in [-0.2, 0) is 26.6 Å². The molecule has 2 heterocycles. The van der Waals surface area contributed by atoms with E-state index < -0.39 is 5.79 Å². The molecule has 1 amide bonds. The van der Waals surface area contributed by atoms with E-state index >= 15 is 0 Å². The number of anilines is 1. The van der Waals surface area contributed by atoms with E-state index in [1.165, 1.54) is 0 Å². The average molecular weight is 367 g/mol. The Kier molecular flexibility index (Phi) is 4.44. The number of para-hydroxylation sites is 1. The van der Waals surface area contributed by atoms with Gasteiger partial charge in [-0.2, -0.15) is 0 Å². The number of carbonyl (C=O) groups is 1. The van der Waals surface area contributed by atoms with Crippen LogP contribution in [0.3, 0.4) is 0 Å². The van der Waals surface area contributed by atoms with Gasteiger partial charge >= 0.3 is 0 Å². The third kappa shape index (κ3) is 2.82. The zero-order valence-corrected chi connectivity index (χ0v) is 16.2. The number of ether oxygens (including phenoxy) is 3. The van der Waals surface area contributed by atoms with Crippen LogP contribution < -0.4 is 9.64 Å². The summed E-state index contributed by atoms with van der Waals surface area (Å²) in [6.45, 7) is 9.25. The van der Waals surface area contributed by atoms with E-state index in [-0.39, 0.29) is 12.0 Å². The summed E-state index contributed by atoms with van der Waals surface area (Å²) in [4.78, 5) is 15.2. The second kappa shape index (κ2) is 6.66. The lowest BCUT2D eigenvalue weighted by Crippen LogP contribution is -2.41. The smallest absolute Gasteiger partial charge is 0.292 e. The van der Waals surface area contributed by atoms with Crippen LogP contribution in [0.2, 0.25) is 0 Å². The molecule has 2 aliphatic rings. The van der Waals surface area contributed by atoms with Gasteiger partial charge in [0.25, 0.3) is 11.7 Å². The summed E-state index contributed by atoms with van der Waals surface area (Å²) < 4.78 is 17.7. The van der Waals surface area contributed by atoms with Crippen LogP contribution in [-0.4, -0.2) is 25.2 Å². The molecule has 1 fully saturated rings. The quantitative estimate of drug-likeness (QED) is 0.824. The monoisotopic (exact) mass is 367 g/mol. The van der Waals surface area contributed by atoms with Gasteiger partial charge < -0.3 is 19.1 Å². The highest BCUT2D eigenvalue weighted by atomic mass is 16.7. The average Bonchev–Trinajstić information content (AvgIpc) is 3.20. The highest BCUT2D eigenvalue weighted by molar-refractivity contribution is 6.07. The zero-order chi connectivity index (χ0) is 19.2. The molecule has 0 aromatic heterocycles.